The maximum atomic E-state index is 6.18. The minimum Gasteiger partial charge on any atom is -0.456 e. The van der Waals surface area contributed by atoms with Crippen LogP contribution in [0.5, 0.6) is 0 Å². The Labute approximate surface area is 271 Å². The summed E-state index contributed by atoms with van der Waals surface area (Å²) in [5.41, 5.74) is 9.22. The zero-order valence-corrected chi connectivity index (χ0v) is 25.6. The van der Waals surface area contributed by atoms with Crippen LogP contribution >= 0.6 is 0 Å². The van der Waals surface area contributed by atoms with Crippen molar-refractivity contribution < 1.29 is 4.42 Å². The summed E-state index contributed by atoms with van der Waals surface area (Å²) in [6.07, 6.45) is 0. The van der Waals surface area contributed by atoms with E-state index in [-0.39, 0.29) is 0 Å². The lowest BCUT2D eigenvalue weighted by atomic mass is 9.85. The van der Waals surface area contributed by atoms with Gasteiger partial charge in [-0.2, -0.15) is 0 Å². The normalized spacial score (nSPS) is 11.8. The van der Waals surface area contributed by atoms with Gasteiger partial charge in [-0.3, -0.25) is 0 Å². The summed E-state index contributed by atoms with van der Waals surface area (Å²) in [5, 5.41) is 12.4. The molecule has 0 atom stereocenters. The molecule has 0 N–H and O–H groups in total. The highest BCUT2D eigenvalue weighted by Crippen LogP contribution is 2.45. The van der Waals surface area contributed by atoms with E-state index in [1.807, 2.05) is 12.1 Å². The van der Waals surface area contributed by atoms with Crippen LogP contribution in [0, 0.1) is 0 Å². The minimum atomic E-state index is 0.917. The number of furan rings is 1. The Morgan fingerprint density at radius 3 is 1.40 bits per heavy atom. The topological polar surface area (TPSA) is 13.1 Å². The van der Waals surface area contributed by atoms with Gasteiger partial charge in [0, 0.05) is 10.8 Å². The van der Waals surface area contributed by atoms with Crippen molar-refractivity contribution in [3.63, 3.8) is 0 Å². The average Bonchev–Trinajstić information content (AvgIpc) is 3.51. The molecular formula is C46H28O. The summed E-state index contributed by atoms with van der Waals surface area (Å²) in [5.74, 6) is 0. The highest BCUT2D eigenvalue weighted by Gasteiger charge is 2.18. The van der Waals surface area contributed by atoms with E-state index in [2.05, 4.69) is 158 Å². The summed E-state index contributed by atoms with van der Waals surface area (Å²) >= 11 is 0. The maximum Gasteiger partial charge on any atom is 0.135 e. The molecule has 10 aromatic rings. The SMILES string of the molecule is c1ccc2c(c1)ccc1ccc(-c3ccc(-c4c5ccccc5c(-c5ccc6oc7ccccc7c6c5)c5ccccc45)cc3)cc12. The third-order valence-corrected chi connectivity index (χ3v) is 9.85. The summed E-state index contributed by atoms with van der Waals surface area (Å²) in [6.45, 7) is 0. The van der Waals surface area contributed by atoms with Crippen molar-refractivity contribution in [3.8, 4) is 33.4 Å². The van der Waals surface area contributed by atoms with Crippen molar-refractivity contribution in [2.75, 3.05) is 0 Å². The van der Waals surface area contributed by atoms with E-state index in [9.17, 15) is 0 Å². The Balaban J connectivity index is 1.15. The number of hydrogen-bond donors (Lipinski definition) is 0. The van der Waals surface area contributed by atoms with E-state index in [1.54, 1.807) is 0 Å². The molecule has 0 aliphatic rings. The van der Waals surface area contributed by atoms with Crippen LogP contribution in [0.2, 0.25) is 0 Å². The molecule has 0 saturated carbocycles. The van der Waals surface area contributed by atoms with Crippen LogP contribution < -0.4 is 0 Å². The van der Waals surface area contributed by atoms with Gasteiger partial charge in [0.1, 0.15) is 11.2 Å². The zero-order chi connectivity index (χ0) is 30.9. The molecular weight excluding hydrogens is 569 g/mol. The van der Waals surface area contributed by atoms with Crippen molar-refractivity contribution >= 4 is 65.0 Å². The lowest BCUT2D eigenvalue weighted by Crippen LogP contribution is -1.91. The molecule has 218 valence electrons. The summed E-state index contributed by atoms with van der Waals surface area (Å²) in [7, 11) is 0. The molecule has 0 fully saturated rings. The van der Waals surface area contributed by atoms with E-state index >= 15 is 0 Å². The summed E-state index contributed by atoms with van der Waals surface area (Å²) in [4.78, 5) is 0. The van der Waals surface area contributed by atoms with Gasteiger partial charge in [-0.25, -0.2) is 0 Å². The third kappa shape index (κ3) is 4.03. The molecule has 0 aliphatic carbocycles. The average molecular weight is 597 g/mol. The van der Waals surface area contributed by atoms with E-state index in [0.717, 1.165) is 21.9 Å². The fourth-order valence-electron chi connectivity index (χ4n) is 7.64. The Hall–Kier alpha value is -6.18. The van der Waals surface area contributed by atoms with Crippen LogP contribution in [0.4, 0.5) is 0 Å². The molecule has 9 aromatic carbocycles. The van der Waals surface area contributed by atoms with E-state index in [1.165, 1.54) is 76.5 Å². The Morgan fingerprint density at radius 1 is 0.255 bits per heavy atom. The first-order chi connectivity index (χ1) is 23.3. The number of rotatable bonds is 3. The molecule has 47 heavy (non-hydrogen) atoms. The predicted molar refractivity (Wildman–Crippen MR) is 200 cm³/mol. The first kappa shape index (κ1) is 26.1. The van der Waals surface area contributed by atoms with Crippen molar-refractivity contribution in [2.24, 2.45) is 0 Å². The van der Waals surface area contributed by atoms with Crippen LogP contribution in [-0.2, 0) is 0 Å². The standard InChI is InChI=1S/C46H28O/c1-2-10-35-30(9-1)19-20-31-21-24-33(27-41(31)35)29-17-22-32(23-18-29)45-37-12-3-5-14-39(37)46(40-15-6-4-13-38(40)45)34-25-26-44-42(28-34)36-11-7-8-16-43(36)47-44/h1-28H. The van der Waals surface area contributed by atoms with Crippen LogP contribution in [0.15, 0.2) is 174 Å². The van der Waals surface area contributed by atoms with Gasteiger partial charge in [0.05, 0.1) is 0 Å². The molecule has 0 bridgehead atoms. The summed E-state index contributed by atoms with van der Waals surface area (Å²) < 4.78 is 6.18. The lowest BCUT2D eigenvalue weighted by Gasteiger charge is -2.18. The molecule has 1 heterocycles. The van der Waals surface area contributed by atoms with E-state index < -0.39 is 0 Å². The highest BCUT2D eigenvalue weighted by molar-refractivity contribution is 6.22. The fourth-order valence-corrected chi connectivity index (χ4v) is 7.64. The van der Waals surface area contributed by atoms with Gasteiger partial charge in [-0.1, -0.05) is 146 Å². The minimum absolute atomic E-state index is 0.917. The molecule has 0 amide bonds. The van der Waals surface area contributed by atoms with Crippen molar-refractivity contribution in [1.29, 1.82) is 0 Å². The number of para-hydroxylation sites is 1. The Morgan fingerprint density at radius 2 is 0.702 bits per heavy atom. The molecule has 1 nitrogen and oxygen atoms in total. The molecule has 10 rings (SSSR count). The van der Waals surface area contributed by atoms with Gasteiger partial charge in [0.2, 0.25) is 0 Å². The predicted octanol–water partition coefficient (Wildman–Crippen LogP) is 13.2. The van der Waals surface area contributed by atoms with E-state index in [0.29, 0.717) is 0 Å². The number of benzene rings is 9. The second kappa shape index (κ2) is 10.2. The van der Waals surface area contributed by atoms with Gasteiger partial charge >= 0.3 is 0 Å². The Bertz CT molecular complexity index is 2780. The number of fused-ring (bicyclic) bond motifs is 8. The first-order valence-electron chi connectivity index (χ1n) is 16.2. The molecule has 0 saturated heterocycles. The lowest BCUT2D eigenvalue weighted by molar-refractivity contribution is 0.669. The molecule has 0 unspecified atom stereocenters. The zero-order valence-electron chi connectivity index (χ0n) is 25.6. The fraction of sp³-hybridized carbons (Fsp3) is 0. The van der Waals surface area contributed by atoms with Crippen molar-refractivity contribution in [1.82, 2.24) is 0 Å². The van der Waals surface area contributed by atoms with Gasteiger partial charge in [0.15, 0.2) is 0 Å². The molecule has 1 aromatic heterocycles. The molecule has 0 spiro atoms. The van der Waals surface area contributed by atoms with Crippen LogP contribution in [-0.4, -0.2) is 0 Å². The van der Waals surface area contributed by atoms with Crippen molar-refractivity contribution in [3.05, 3.63) is 170 Å². The first-order valence-corrected chi connectivity index (χ1v) is 16.2. The monoisotopic (exact) mass is 596 g/mol. The smallest absolute Gasteiger partial charge is 0.135 e. The Kier molecular flexibility index (Phi) is 5.64. The van der Waals surface area contributed by atoms with Gasteiger partial charge in [-0.05, 0) is 101 Å². The molecule has 1 heteroatoms. The van der Waals surface area contributed by atoms with Crippen LogP contribution in [0.25, 0.3) is 98.4 Å². The summed E-state index contributed by atoms with van der Waals surface area (Å²) in [6, 6.07) is 61.7. The maximum absolute atomic E-state index is 6.18. The van der Waals surface area contributed by atoms with Gasteiger partial charge in [-0.15, -0.1) is 0 Å². The quantitative estimate of drug-likeness (QED) is 0.146. The van der Waals surface area contributed by atoms with Gasteiger partial charge in [0.25, 0.3) is 0 Å². The molecule has 0 aliphatic heterocycles. The van der Waals surface area contributed by atoms with Crippen LogP contribution in [0.3, 0.4) is 0 Å². The van der Waals surface area contributed by atoms with E-state index in [4.69, 9.17) is 4.42 Å². The third-order valence-electron chi connectivity index (χ3n) is 9.85. The van der Waals surface area contributed by atoms with Gasteiger partial charge < -0.3 is 4.42 Å². The molecule has 0 radical (unpaired) electrons. The second-order valence-electron chi connectivity index (χ2n) is 12.5. The van der Waals surface area contributed by atoms with Crippen molar-refractivity contribution in [2.45, 2.75) is 0 Å². The second-order valence-corrected chi connectivity index (χ2v) is 12.5. The highest BCUT2D eigenvalue weighted by atomic mass is 16.3. The number of hydrogen-bond acceptors (Lipinski definition) is 1. The largest absolute Gasteiger partial charge is 0.456 e. The van der Waals surface area contributed by atoms with Crippen LogP contribution in [0.1, 0.15) is 0 Å².